The molecular formula is C12H18N4O2S. The molecule has 2 atom stereocenters. The summed E-state index contributed by atoms with van der Waals surface area (Å²) in [5.41, 5.74) is 16.6. The van der Waals surface area contributed by atoms with Crippen LogP contribution < -0.4 is 22.5 Å². The van der Waals surface area contributed by atoms with E-state index in [-0.39, 0.29) is 16.1 Å². The first kappa shape index (κ1) is 13.7. The van der Waals surface area contributed by atoms with Crippen LogP contribution in [-0.4, -0.2) is 17.9 Å². The van der Waals surface area contributed by atoms with Crippen LogP contribution in [0.15, 0.2) is 0 Å². The van der Waals surface area contributed by atoms with Crippen LogP contribution in [-0.2, 0) is 0 Å². The van der Waals surface area contributed by atoms with Gasteiger partial charge in [0, 0.05) is 6.04 Å². The number of primary amides is 2. The molecule has 1 aromatic heterocycles. The minimum absolute atomic E-state index is 0.0835. The van der Waals surface area contributed by atoms with E-state index in [0.29, 0.717) is 17.0 Å². The van der Waals surface area contributed by atoms with Gasteiger partial charge in [-0.2, -0.15) is 0 Å². The topological polar surface area (TPSA) is 124 Å². The van der Waals surface area contributed by atoms with Crippen molar-refractivity contribution in [2.45, 2.75) is 32.2 Å². The Morgan fingerprint density at radius 2 is 2.05 bits per heavy atom. The lowest BCUT2D eigenvalue weighted by Crippen LogP contribution is -2.17. The number of thiophene rings is 1. The molecule has 1 aliphatic rings. The average Bonchev–Trinajstić information content (AvgIpc) is 2.93. The fourth-order valence-electron chi connectivity index (χ4n) is 2.26. The molecule has 2 rings (SSSR count). The molecule has 1 aromatic rings. The molecule has 1 saturated carbocycles. The standard InChI is InChI=1S/C12H18N4O2S/c1-2-3-5-4-6(5)16-12-7(10(14)17)8(13)9(19-12)11(15)18/h5-6,16H,2-4,13H2,1H3,(H2,14,17)(H2,15,18). The second-order valence-corrected chi connectivity index (χ2v) is 5.83. The quantitative estimate of drug-likeness (QED) is 0.624. The van der Waals surface area contributed by atoms with Gasteiger partial charge in [-0.15, -0.1) is 11.3 Å². The Kier molecular flexibility index (Phi) is 3.66. The van der Waals surface area contributed by atoms with Gasteiger partial charge in [-0.25, -0.2) is 0 Å². The van der Waals surface area contributed by atoms with E-state index in [4.69, 9.17) is 17.2 Å². The van der Waals surface area contributed by atoms with E-state index in [0.717, 1.165) is 30.6 Å². The van der Waals surface area contributed by atoms with Crippen LogP contribution in [0, 0.1) is 5.92 Å². The van der Waals surface area contributed by atoms with Gasteiger partial charge >= 0.3 is 0 Å². The Balaban J connectivity index is 2.22. The third-order valence-electron chi connectivity index (χ3n) is 3.31. The number of nitrogens with one attached hydrogen (secondary N) is 1. The number of amides is 2. The van der Waals surface area contributed by atoms with Gasteiger partial charge in [-0.3, -0.25) is 9.59 Å². The van der Waals surface area contributed by atoms with Crippen LogP contribution in [0.4, 0.5) is 10.7 Å². The summed E-state index contributed by atoms with van der Waals surface area (Å²) in [5, 5.41) is 3.80. The number of hydrogen-bond acceptors (Lipinski definition) is 5. The summed E-state index contributed by atoms with van der Waals surface area (Å²) >= 11 is 1.10. The maximum atomic E-state index is 11.4. The smallest absolute Gasteiger partial charge is 0.260 e. The van der Waals surface area contributed by atoms with Gasteiger partial charge in [-0.05, 0) is 18.8 Å². The molecule has 0 aliphatic heterocycles. The van der Waals surface area contributed by atoms with Gasteiger partial charge in [0.2, 0.25) is 0 Å². The molecule has 2 amide bonds. The Labute approximate surface area is 115 Å². The molecule has 7 heteroatoms. The van der Waals surface area contributed by atoms with Crippen LogP contribution >= 0.6 is 11.3 Å². The van der Waals surface area contributed by atoms with Crippen LogP contribution in [0.25, 0.3) is 0 Å². The van der Waals surface area contributed by atoms with Crippen LogP contribution in [0.2, 0.25) is 0 Å². The third-order valence-corrected chi connectivity index (χ3v) is 4.47. The summed E-state index contributed by atoms with van der Waals surface area (Å²) in [7, 11) is 0. The van der Waals surface area contributed by atoms with Gasteiger partial charge in [-0.1, -0.05) is 13.3 Å². The van der Waals surface area contributed by atoms with Crippen molar-refractivity contribution in [3.8, 4) is 0 Å². The van der Waals surface area contributed by atoms with Crippen LogP contribution in [0.3, 0.4) is 0 Å². The molecule has 0 spiro atoms. The van der Waals surface area contributed by atoms with Crippen molar-refractivity contribution in [2.75, 3.05) is 11.1 Å². The van der Waals surface area contributed by atoms with Gasteiger partial charge in [0.25, 0.3) is 11.8 Å². The van der Waals surface area contributed by atoms with E-state index < -0.39 is 11.8 Å². The first-order valence-electron chi connectivity index (χ1n) is 6.24. The molecule has 0 aromatic carbocycles. The minimum Gasteiger partial charge on any atom is -0.397 e. The number of nitrogen functional groups attached to an aromatic ring is 1. The largest absolute Gasteiger partial charge is 0.397 e. The zero-order valence-corrected chi connectivity index (χ0v) is 11.5. The third kappa shape index (κ3) is 2.65. The molecule has 6 nitrogen and oxygen atoms in total. The maximum Gasteiger partial charge on any atom is 0.260 e. The molecule has 0 saturated heterocycles. The highest BCUT2D eigenvalue weighted by molar-refractivity contribution is 7.19. The monoisotopic (exact) mass is 282 g/mol. The number of hydrogen-bond donors (Lipinski definition) is 4. The molecule has 1 aliphatic carbocycles. The summed E-state index contributed by atoms with van der Waals surface area (Å²) in [4.78, 5) is 22.9. The second kappa shape index (κ2) is 5.08. The summed E-state index contributed by atoms with van der Waals surface area (Å²) in [6.45, 7) is 2.14. The lowest BCUT2D eigenvalue weighted by atomic mass is 10.2. The normalized spacial score (nSPS) is 21.1. The minimum atomic E-state index is -0.642. The van der Waals surface area contributed by atoms with Crippen LogP contribution in [0.1, 0.15) is 46.2 Å². The lowest BCUT2D eigenvalue weighted by Gasteiger charge is -2.05. The van der Waals surface area contributed by atoms with Gasteiger partial charge in [0.1, 0.15) is 9.88 Å². The zero-order chi connectivity index (χ0) is 14.2. The Morgan fingerprint density at radius 3 is 2.58 bits per heavy atom. The first-order chi connectivity index (χ1) is 8.95. The van der Waals surface area contributed by atoms with E-state index >= 15 is 0 Å². The highest BCUT2D eigenvalue weighted by Gasteiger charge is 2.37. The fraction of sp³-hybridized carbons (Fsp3) is 0.500. The Bertz CT molecular complexity index is 526. The maximum absolute atomic E-state index is 11.4. The molecule has 104 valence electrons. The predicted molar refractivity (Wildman–Crippen MR) is 76.2 cm³/mol. The van der Waals surface area contributed by atoms with Crippen molar-refractivity contribution in [1.82, 2.24) is 0 Å². The van der Waals surface area contributed by atoms with E-state index in [2.05, 4.69) is 12.2 Å². The second-order valence-electron chi connectivity index (χ2n) is 4.81. The van der Waals surface area contributed by atoms with Gasteiger partial charge < -0.3 is 22.5 Å². The molecule has 0 radical (unpaired) electrons. The van der Waals surface area contributed by atoms with E-state index in [9.17, 15) is 9.59 Å². The first-order valence-corrected chi connectivity index (χ1v) is 7.05. The summed E-state index contributed by atoms with van der Waals surface area (Å²) in [6, 6.07) is 0.330. The van der Waals surface area contributed by atoms with E-state index in [1.54, 1.807) is 0 Å². The molecule has 1 heterocycles. The molecule has 0 bridgehead atoms. The number of rotatable bonds is 6. The number of nitrogens with two attached hydrogens (primary N) is 3. The zero-order valence-electron chi connectivity index (χ0n) is 10.7. The van der Waals surface area contributed by atoms with Crippen molar-refractivity contribution in [3.05, 3.63) is 10.4 Å². The van der Waals surface area contributed by atoms with Gasteiger partial charge in [0.15, 0.2) is 0 Å². The molecule has 7 N–H and O–H groups in total. The highest BCUT2D eigenvalue weighted by atomic mass is 32.1. The van der Waals surface area contributed by atoms with Crippen LogP contribution in [0.5, 0.6) is 0 Å². The van der Waals surface area contributed by atoms with E-state index in [1.807, 2.05) is 0 Å². The molecule has 1 fully saturated rings. The molecular weight excluding hydrogens is 264 g/mol. The SMILES string of the molecule is CCCC1CC1Nc1sc(C(N)=O)c(N)c1C(N)=O. The van der Waals surface area contributed by atoms with Crippen molar-refractivity contribution in [2.24, 2.45) is 17.4 Å². The summed E-state index contributed by atoms with van der Waals surface area (Å²) in [5.74, 6) is -0.665. The number of carbonyl (C=O) groups is 2. The fourth-order valence-corrected chi connectivity index (χ4v) is 3.30. The Morgan fingerprint density at radius 1 is 1.37 bits per heavy atom. The summed E-state index contributed by atoms with van der Waals surface area (Å²) in [6.07, 6.45) is 3.34. The van der Waals surface area contributed by atoms with Gasteiger partial charge in [0.05, 0.1) is 11.3 Å². The van der Waals surface area contributed by atoms with Crippen molar-refractivity contribution >= 4 is 33.8 Å². The average molecular weight is 282 g/mol. The lowest BCUT2D eigenvalue weighted by molar-refractivity contribution is 0.0999. The summed E-state index contributed by atoms with van der Waals surface area (Å²) < 4.78 is 0. The molecule has 19 heavy (non-hydrogen) atoms. The number of carbonyl (C=O) groups excluding carboxylic acids is 2. The predicted octanol–water partition coefficient (Wildman–Crippen LogP) is 1.13. The van der Waals surface area contributed by atoms with Crippen molar-refractivity contribution < 1.29 is 9.59 Å². The molecule has 2 unspecified atom stereocenters. The van der Waals surface area contributed by atoms with Crippen molar-refractivity contribution in [1.29, 1.82) is 0 Å². The Hall–Kier alpha value is -1.76. The van der Waals surface area contributed by atoms with E-state index in [1.165, 1.54) is 0 Å². The number of anilines is 2. The highest BCUT2D eigenvalue weighted by Crippen LogP contribution is 2.42. The van der Waals surface area contributed by atoms with Crippen molar-refractivity contribution in [3.63, 3.8) is 0 Å².